The molecule has 1 aliphatic rings. The van der Waals surface area contributed by atoms with E-state index in [0.717, 1.165) is 39.0 Å². The molecule has 9 nitrogen and oxygen atoms in total. The molecular weight excluding hydrogens is 599 g/mol. The lowest BCUT2D eigenvalue weighted by atomic mass is 9.81. The summed E-state index contributed by atoms with van der Waals surface area (Å²) in [5.41, 5.74) is -2.29. The first-order chi connectivity index (χ1) is 19.1. The number of alkyl halides is 5. The Labute approximate surface area is 242 Å². The van der Waals surface area contributed by atoms with Gasteiger partial charge in [0.2, 0.25) is 0 Å². The first kappa shape index (κ1) is 34.6. The molecular formula is C25H32ClF5N4O5S. The number of hydrogen-bond acceptors (Lipinski definition) is 7. The summed E-state index contributed by atoms with van der Waals surface area (Å²) < 4.78 is 89.0. The quantitative estimate of drug-likeness (QED) is 0.371. The first-order valence-corrected chi connectivity index (χ1v) is 13.8. The molecule has 0 unspecified atom stereocenters. The normalized spacial score (nSPS) is 19.4. The van der Waals surface area contributed by atoms with Crippen LogP contribution in [0.4, 0.5) is 22.0 Å². The number of imidazole rings is 1. The summed E-state index contributed by atoms with van der Waals surface area (Å²) in [7, 11) is 0. The summed E-state index contributed by atoms with van der Waals surface area (Å²) in [6.07, 6.45) is -1.93. The van der Waals surface area contributed by atoms with Gasteiger partial charge in [-0.3, -0.25) is 9.36 Å². The van der Waals surface area contributed by atoms with Crippen molar-refractivity contribution in [1.82, 2.24) is 19.9 Å². The Morgan fingerprint density at radius 3 is 2.46 bits per heavy atom. The average molecular weight is 631 g/mol. The van der Waals surface area contributed by atoms with Gasteiger partial charge < -0.3 is 15.2 Å². The maximum Gasteiger partial charge on any atom is 0.394 e. The van der Waals surface area contributed by atoms with E-state index in [2.05, 4.69) is 26.9 Å². The maximum absolute atomic E-state index is 13.4. The highest BCUT2D eigenvalue weighted by atomic mass is 35.5. The highest BCUT2D eigenvalue weighted by Gasteiger charge is 2.47. The number of nitrogens with one attached hydrogen (secondary N) is 1. The highest BCUT2D eigenvalue weighted by Crippen LogP contribution is 2.41. The van der Waals surface area contributed by atoms with Gasteiger partial charge in [0.25, 0.3) is 5.91 Å². The lowest BCUT2D eigenvalue weighted by molar-refractivity contribution is -0.211. The molecule has 1 saturated carbocycles. The van der Waals surface area contributed by atoms with Gasteiger partial charge in [-0.25, -0.2) is 9.97 Å². The summed E-state index contributed by atoms with van der Waals surface area (Å²) >= 11 is 5.73. The van der Waals surface area contributed by atoms with Crippen LogP contribution in [0.2, 0.25) is 5.15 Å². The highest BCUT2D eigenvalue weighted by molar-refractivity contribution is 7.51. The van der Waals surface area contributed by atoms with Gasteiger partial charge in [0.05, 0.1) is 11.5 Å². The van der Waals surface area contributed by atoms with Crippen LogP contribution in [0.3, 0.4) is 0 Å². The number of carbonyl (C=O) groups excluding carboxylic acids is 1. The molecule has 41 heavy (non-hydrogen) atoms. The molecule has 2 aromatic heterocycles. The van der Waals surface area contributed by atoms with Gasteiger partial charge in [0.15, 0.2) is 17.3 Å². The molecule has 2 aromatic rings. The molecule has 0 saturated heterocycles. The van der Waals surface area contributed by atoms with E-state index in [1.54, 1.807) is 6.92 Å². The molecule has 0 bridgehead atoms. The number of aryl methyl sites for hydroxylation is 1. The Bertz CT molecular complexity index is 1240. The van der Waals surface area contributed by atoms with Crippen molar-refractivity contribution in [1.29, 1.82) is 0 Å². The third-order valence-corrected chi connectivity index (χ3v) is 7.24. The van der Waals surface area contributed by atoms with E-state index in [0.29, 0.717) is 12.3 Å². The zero-order valence-electron chi connectivity index (χ0n) is 22.8. The summed E-state index contributed by atoms with van der Waals surface area (Å²) in [4.78, 5) is 21.3. The number of amides is 1. The standard InChI is InChI=1S/C25H32ClF5N4O3.O2S/c1-5-18-34-19(22(37)33-12-15-7-6-13(2)8-16(15)36)20(26)35(18)21-17(38-23(27)28)9-14(11-32-21)10-24(3,4)25(29,30)31;1-3-2/h9,11,13,15-16,23,36H,5-8,10,12H2,1-4H3,(H,33,37);/t13-,15+,16-;/m1./s1. The van der Waals surface area contributed by atoms with Gasteiger partial charge in [-0.05, 0) is 36.8 Å². The average Bonchev–Trinajstić information content (AvgIpc) is 3.19. The van der Waals surface area contributed by atoms with Crippen molar-refractivity contribution in [3.63, 3.8) is 0 Å². The van der Waals surface area contributed by atoms with Gasteiger partial charge in [-0.2, -0.15) is 30.4 Å². The fraction of sp³-hybridized carbons (Fsp3) is 0.640. The second-order valence-electron chi connectivity index (χ2n) is 10.5. The molecule has 1 aliphatic carbocycles. The number of ether oxygens (including phenoxy) is 1. The van der Waals surface area contributed by atoms with Crippen LogP contribution < -0.4 is 10.1 Å². The smallest absolute Gasteiger partial charge is 0.394 e. The summed E-state index contributed by atoms with van der Waals surface area (Å²) in [5, 5.41) is 12.8. The predicted octanol–water partition coefficient (Wildman–Crippen LogP) is 5.07. The van der Waals surface area contributed by atoms with Crippen molar-refractivity contribution in [3.05, 3.63) is 34.5 Å². The monoisotopic (exact) mass is 630 g/mol. The molecule has 0 radical (unpaired) electrons. The molecule has 2 heterocycles. The van der Waals surface area contributed by atoms with Crippen LogP contribution in [-0.4, -0.2) is 59.4 Å². The van der Waals surface area contributed by atoms with Crippen molar-refractivity contribution >= 4 is 29.1 Å². The Morgan fingerprint density at radius 1 is 1.29 bits per heavy atom. The first-order valence-electron chi connectivity index (χ1n) is 12.7. The summed E-state index contributed by atoms with van der Waals surface area (Å²) in [6.45, 7) is 2.66. The number of carbonyl (C=O) groups is 1. The fourth-order valence-electron chi connectivity index (χ4n) is 4.54. The predicted molar refractivity (Wildman–Crippen MR) is 140 cm³/mol. The van der Waals surface area contributed by atoms with Gasteiger partial charge in [-0.1, -0.05) is 45.7 Å². The molecule has 0 spiro atoms. The SMILES string of the molecule is CCc1nc(C(=O)NC[C@@H]2CC[C@@H](C)C[C@H]2O)c(Cl)n1-c1ncc(CC(C)(C)C(F)(F)F)cc1OC(F)F.O=S=O. The van der Waals surface area contributed by atoms with Crippen LogP contribution >= 0.6 is 11.6 Å². The Hall–Kier alpha value is -2.65. The number of aliphatic hydroxyl groups excluding tert-OH is 1. The van der Waals surface area contributed by atoms with Crippen LogP contribution in [-0.2, 0) is 24.4 Å². The summed E-state index contributed by atoms with van der Waals surface area (Å²) in [5.74, 6) is -0.865. The van der Waals surface area contributed by atoms with Crippen LogP contribution in [0.15, 0.2) is 12.3 Å². The van der Waals surface area contributed by atoms with Gasteiger partial charge in [-0.15, -0.1) is 0 Å². The molecule has 1 amide bonds. The van der Waals surface area contributed by atoms with Crippen molar-refractivity contribution in [2.45, 2.75) is 78.7 Å². The van der Waals surface area contributed by atoms with E-state index < -0.39 is 54.0 Å². The number of aliphatic hydroxyl groups is 1. The Kier molecular flexibility index (Phi) is 12.2. The molecule has 3 atom stereocenters. The molecule has 0 aliphatic heterocycles. The van der Waals surface area contributed by atoms with E-state index in [9.17, 15) is 31.9 Å². The fourth-order valence-corrected chi connectivity index (χ4v) is 4.84. The molecule has 16 heteroatoms. The third kappa shape index (κ3) is 8.92. The largest absolute Gasteiger partial charge is 0.431 e. The molecule has 1 fully saturated rings. The van der Waals surface area contributed by atoms with E-state index in [4.69, 9.17) is 20.0 Å². The van der Waals surface area contributed by atoms with Crippen LogP contribution in [0.1, 0.15) is 68.8 Å². The zero-order chi connectivity index (χ0) is 31.1. The van der Waals surface area contributed by atoms with Gasteiger partial charge in [0.1, 0.15) is 11.0 Å². The second kappa shape index (κ2) is 14.5. The number of hydrogen-bond donors (Lipinski definition) is 2. The van der Waals surface area contributed by atoms with E-state index in [1.807, 2.05) is 0 Å². The molecule has 2 N–H and O–H groups in total. The minimum Gasteiger partial charge on any atom is -0.431 e. The van der Waals surface area contributed by atoms with Crippen LogP contribution in [0.25, 0.3) is 5.82 Å². The van der Waals surface area contributed by atoms with Crippen molar-refractivity contribution in [2.75, 3.05) is 6.54 Å². The van der Waals surface area contributed by atoms with Crippen LogP contribution in [0, 0.1) is 17.3 Å². The van der Waals surface area contributed by atoms with Crippen LogP contribution in [0.5, 0.6) is 5.75 Å². The molecule has 3 rings (SSSR count). The van der Waals surface area contributed by atoms with Gasteiger partial charge >= 0.3 is 24.4 Å². The zero-order valence-corrected chi connectivity index (χ0v) is 24.4. The number of pyridine rings is 1. The Morgan fingerprint density at radius 2 is 1.93 bits per heavy atom. The lowest BCUT2D eigenvalue weighted by Gasteiger charge is -2.31. The van der Waals surface area contributed by atoms with Crippen molar-refractivity contribution < 1.29 is 45.0 Å². The van der Waals surface area contributed by atoms with E-state index in [1.165, 1.54) is 4.57 Å². The Balaban J connectivity index is 0.00000187. The van der Waals surface area contributed by atoms with Crippen molar-refractivity contribution in [3.8, 4) is 11.6 Å². The molecule has 0 aromatic carbocycles. The minimum atomic E-state index is -4.54. The van der Waals surface area contributed by atoms with Crippen molar-refractivity contribution in [2.24, 2.45) is 17.3 Å². The maximum atomic E-state index is 13.4. The third-order valence-electron chi connectivity index (χ3n) is 6.90. The number of nitrogens with zero attached hydrogens (tertiary/aromatic N) is 3. The van der Waals surface area contributed by atoms with Gasteiger partial charge in [0, 0.05) is 25.1 Å². The van der Waals surface area contributed by atoms with E-state index >= 15 is 0 Å². The second-order valence-corrected chi connectivity index (χ2v) is 11.0. The lowest BCUT2D eigenvalue weighted by Crippen LogP contribution is -2.38. The van der Waals surface area contributed by atoms with E-state index in [-0.39, 0.29) is 46.9 Å². The summed E-state index contributed by atoms with van der Waals surface area (Å²) in [6, 6.07) is 1.06. The number of halogens is 6. The topological polar surface area (TPSA) is 123 Å². The molecule has 230 valence electrons. The minimum absolute atomic E-state index is 0.0272. The number of rotatable bonds is 9. The number of aromatic nitrogens is 3.